The number of nitrogens with zero attached hydrogens (tertiary/aromatic N) is 3. The molecule has 88 valence electrons. The summed E-state index contributed by atoms with van der Waals surface area (Å²) in [5.41, 5.74) is 6.99. The predicted molar refractivity (Wildman–Crippen MR) is 69.7 cm³/mol. The van der Waals surface area contributed by atoms with Crippen molar-refractivity contribution in [3.63, 3.8) is 0 Å². The lowest BCUT2D eigenvalue weighted by atomic mass is 10.3. The van der Waals surface area contributed by atoms with E-state index in [9.17, 15) is 0 Å². The molecule has 4 nitrogen and oxygen atoms in total. The Kier molecular flexibility index (Phi) is 3.33. The Bertz CT molecular complexity index is 386. The molecule has 2 N–H and O–H groups in total. The third kappa shape index (κ3) is 2.14. The molecule has 1 aliphatic rings. The second-order valence-electron chi connectivity index (χ2n) is 4.05. The molecule has 1 aliphatic carbocycles. The minimum atomic E-state index is 0.554. The van der Waals surface area contributed by atoms with Crippen molar-refractivity contribution in [2.45, 2.75) is 32.6 Å². The summed E-state index contributed by atoms with van der Waals surface area (Å²) in [6.45, 7) is 6.01. The van der Waals surface area contributed by atoms with Crippen molar-refractivity contribution in [1.82, 2.24) is 9.97 Å². The van der Waals surface area contributed by atoms with Crippen molar-refractivity contribution in [1.29, 1.82) is 0 Å². The van der Waals surface area contributed by atoms with Crippen molar-refractivity contribution >= 4 is 27.7 Å². The van der Waals surface area contributed by atoms with Crippen LogP contribution in [0.5, 0.6) is 0 Å². The largest absolute Gasteiger partial charge is 0.383 e. The van der Waals surface area contributed by atoms with Crippen LogP contribution in [0.15, 0.2) is 4.47 Å². The summed E-state index contributed by atoms with van der Waals surface area (Å²) in [5.74, 6) is 1.89. The van der Waals surface area contributed by atoms with Crippen LogP contribution in [-0.2, 0) is 0 Å². The van der Waals surface area contributed by atoms with Crippen LogP contribution in [0.3, 0.4) is 0 Å². The van der Waals surface area contributed by atoms with E-state index in [2.05, 4.69) is 44.6 Å². The Balaban J connectivity index is 2.39. The molecule has 16 heavy (non-hydrogen) atoms. The maximum absolute atomic E-state index is 5.91. The second kappa shape index (κ2) is 4.57. The summed E-state index contributed by atoms with van der Waals surface area (Å²) < 4.78 is 0.880. The number of halogens is 1. The van der Waals surface area contributed by atoms with Crippen LogP contribution < -0.4 is 10.6 Å². The van der Waals surface area contributed by atoms with Gasteiger partial charge in [0, 0.05) is 19.0 Å². The van der Waals surface area contributed by atoms with E-state index in [1.807, 2.05) is 0 Å². The fourth-order valence-corrected chi connectivity index (χ4v) is 2.25. The first-order valence-electron chi connectivity index (χ1n) is 5.75. The lowest BCUT2D eigenvalue weighted by molar-refractivity contribution is 0.808. The molecular formula is C11H17BrN4. The quantitative estimate of drug-likeness (QED) is 0.923. The average molecular weight is 285 g/mol. The zero-order chi connectivity index (χ0) is 11.7. The molecule has 2 rings (SSSR count). The first-order chi connectivity index (χ1) is 7.67. The summed E-state index contributed by atoms with van der Waals surface area (Å²) in [5, 5.41) is 0. The van der Waals surface area contributed by atoms with Crippen LogP contribution >= 0.6 is 15.9 Å². The maximum Gasteiger partial charge on any atom is 0.227 e. The van der Waals surface area contributed by atoms with Gasteiger partial charge in [-0.3, -0.25) is 0 Å². The van der Waals surface area contributed by atoms with E-state index in [4.69, 9.17) is 5.73 Å². The van der Waals surface area contributed by atoms with Crippen LogP contribution in [0.2, 0.25) is 0 Å². The molecule has 0 atom stereocenters. The zero-order valence-electron chi connectivity index (χ0n) is 9.70. The van der Waals surface area contributed by atoms with Gasteiger partial charge in [-0.25, -0.2) is 4.98 Å². The van der Waals surface area contributed by atoms with E-state index >= 15 is 0 Å². The fraction of sp³-hybridized carbons (Fsp3) is 0.636. The van der Waals surface area contributed by atoms with E-state index in [1.165, 1.54) is 12.8 Å². The van der Waals surface area contributed by atoms with E-state index in [-0.39, 0.29) is 0 Å². The molecular weight excluding hydrogens is 268 g/mol. The van der Waals surface area contributed by atoms with Gasteiger partial charge in [0.05, 0.1) is 10.2 Å². The Morgan fingerprint density at radius 2 is 1.94 bits per heavy atom. The maximum atomic E-state index is 5.91. The Labute approximate surface area is 104 Å². The number of hydrogen-bond acceptors (Lipinski definition) is 4. The van der Waals surface area contributed by atoms with E-state index in [0.29, 0.717) is 11.7 Å². The lowest BCUT2D eigenvalue weighted by Crippen LogP contribution is -2.25. The molecule has 5 heteroatoms. The van der Waals surface area contributed by atoms with Gasteiger partial charge in [0.1, 0.15) is 5.82 Å². The molecule has 0 saturated heterocycles. The Morgan fingerprint density at radius 1 is 1.31 bits per heavy atom. The van der Waals surface area contributed by atoms with Crippen molar-refractivity contribution < 1.29 is 0 Å². The third-order valence-electron chi connectivity index (χ3n) is 2.90. The number of hydrogen-bond donors (Lipinski definition) is 1. The van der Waals surface area contributed by atoms with Crippen LogP contribution in [0.25, 0.3) is 0 Å². The normalized spacial score (nSPS) is 15.2. The van der Waals surface area contributed by atoms with E-state index < -0.39 is 0 Å². The number of rotatable bonds is 4. The van der Waals surface area contributed by atoms with Gasteiger partial charge in [-0.05, 0) is 42.6 Å². The highest BCUT2D eigenvalue weighted by molar-refractivity contribution is 9.10. The minimum Gasteiger partial charge on any atom is -0.383 e. The molecule has 1 fully saturated rings. The molecule has 1 heterocycles. The van der Waals surface area contributed by atoms with Gasteiger partial charge >= 0.3 is 0 Å². The van der Waals surface area contributed by atoms with Crippen LogP contribution in [-0.4, -0.2) is 23.1 Å². The number of aromatic nitrogens is 2. The van der Waals surface area contributed by atoms with Gasteiger partial charge in [-0.1, -0.05) is 0 Å². The van der Waals surface area contributed by atoms with Gasteiger partial charge in [0.2, 0.25) is 5.95 Å². The van der Waals surface area contributed by atoms with Crippen molar-refractivity contribution in [2.24, 2.45) is 0 Å². The lowest BCUT2D eigenvalue weighted by Gasteiger charge is -2.20. The topological polar surface area (TPSA) is 55.0 Å². The number of nitrogen functional groups attached to an aromatic ring is 1. The molecule has 0 aliphatic heterocycles. The summed E-state index contributed by atoms with van der Waals surface area (Å²) in [6, 6.07) is 0. The van der Waals surface area contributed by atoms with Gasteiger partial charge in [0.15, 0.2) is 0 Å². The number of nitrogens with two attached hydrogens (primary N) is 1. The highest BCUT2D eigenvalue weighted by atomic mass is 79.9. The minimum absolute atomic E-state index is 0.554. The second-order valence-corrected chi connectivity index (χ2v) is 4.85. The van der Waals surface area contributed by atoms with Crippen molar-refractivity contribution in [3.8, 4) is 0 Å². The van der Waals surface area contributed by atoms with Crippen molar-refractivity contribution in [3.05, 3.63) is 10.2 Å². The van der Waals surface area contributed by atoms with Crippen LogP contribution in [0.1, 0.15) is 38.3 Å². The fourth-order valence-electron chi connectivity index (χ4n) is 1.74. The van der Waals surface area contributed by atoms with Gasteiger partial charge < -0.3 is 10.6 Å². The van der Waals surface area contributed by atoms with Crippen molar-refractivity contribution in [2.75, 3.05) is 23.7 Å². The van der Waals surface area contributed by atoms with Gasteiger partial charge in [-0.15, -0.1) is 0 Å². The number of anilines is 2. The first-order valence-corrected chi connectivity index (χ1v) is 6.54. The van der Waals surface area contributed by atoms with Gasteiger partial charge in [0.25, 0.3) is 0 Å². The van der Waals surface area contributed by atoms with E-state index in [1.54, 1.807) is 0 Å². The molecule has 0 spiro atoms. The standard InChI is InChI=1S/C11H17BrN4/c1-3-16(4-2)11-14-9(7-5-6-7)8(12)10(13)15-11/h7H,3-6H2,1-2H3,(H2,13,14,15). The molecule has 0 amide bonds. The molecule has 1 aromatic rings. The molecule has 1 aromatic heterocycles. The first kappa shape index (κ1) is 11.6. The monoisotopic (exact) mass is 284 g/mol. The smallest absolute Gasteiger partial charge is 0.227 e. The molecule has 0 radical (unpaired) electrons. The summed E-state index contributed by atoms with van der Waals surface area (Å²) in [7, 11) is 0. The van der Waals surface area contributed by atoms with Gasteiger partial charge in [-0.2, -0.15) is 4.98 Å². The van der Waals surface area contributed by atoms with E-state index in [0.717, 1.165) is 29.2 Å². The highest BCUT2D eigenvalue weighted by Gasteiger charge is 2.29. The molecule has 1 saturated carbocycles. The summed E-state index contributed by atoms with van der Waals surface area (Å²) in [4.78, 5) is 11.1. The van der Waals surface area contributed by atoms with Crippen LogP contribution in [0.4, 0.5) is 11.8 Å². The average Bonchev–Trinajstić information content (AvgIpc) is 3.08. The Hall–Kier alpha value is -0.840. The SMILES string of the molecule is CCN(CC)c1nc(N)c(Br)c(C2CC2)n1. The third-order valence-corrected chi connectivity index (χ3v) is 3.71. The predicted octanol–water partition coefficient (Wildman–Crippen LogP) is 2.54. The Morgan fingerprint density at radius 3 is 2.44 bits per heavy atom. The zero-order valence-corrected chi connectivity index (χ0v) is 11.3. The molecule has 0 bridgehead atoms. The summed E-state index contributed by atoms with van der Waals surface area (Å²) >= 11 is 3.48. The summed E-state index contributed by atoms with van der Waals surface area (Å²) in [6.07, 6.45) is 2.43. The molecule has 0 unspecified atom stereocenters. The van der Waals surface area contributed by atoms with Crippen LogP contribution in [0, 0.1) is 0 Å². The molecule has 0 aromatic carbocycles. The highest BCUT2D eigenvalue weighted by Crippen LogP contribution is 2.43.